The number of nitrogens with one attached hydrogen (secondary N) is 1. The molecule has 188 valence electrons. The highest BCUT2D eigenvalue weighted by atomic mass is 32.2. The first-order chi connectivity index (χ1) is 17.5. The Bertz CT molecular complexity index is 1280. The fraction of sp³-hybridized carbons (Fsp3) is 0.320. The van der Waals surface area contributed by atoms with E-state index in [1.165, 1.54) is 11.9 Å². The van der Waals surface area contributed by atoms with Crippen LogP contribution in [0.15, 0.2) is 49.1 Å². The Hall–Kier alpha value is -3.70. The van der Waals surface area contributed by atoms with E-state index in [2.05, 4.69) is 29.9 Å². The van der Waals surface area contributed by atoms with Crippen LogP contribution in [0.4, 0.5) is 5.95 Å². The molecule has 0 fully saturated rings. The third kappa shape index (κ3) is 5.58. The van der Waals surface area contributed by atoms with Crippen molar-refractivity contribution in [1.29, 1.82) is 0 Å². The van der Waals surface area contributed by atoms with E-state index in [1.54, 1.807) is 39.0 Å². The van der Waals surface area contributed by atoms with Gasteiger partial charge in [-0.2, -0.15) is 0 Å². The average Bonchev–Trinajstić information content (AvgIpc) is 3.31. The first-order valence-corrected chi connectivity index (χ1v) is 12.4. The summed E-state index contributed by atoms with van der Waals surface area (Å²) in [7, 11) is 3.24. The lowest BCUT2D eigenvalue weighted by Gasteiger charge is -2.18. The van der Waals surface area contributed by atoms with Gasteiger partial charge in [0.2, 0.25) is 5.95 Å². The van der Waals surface area contributed by atoms with E-state index in [-0.39, 0.29) is 6.10 Å². The number of hydrogen-bond acceptors (Lipinski definition) is 10. The summed E-state index contributed by atoms with van der Waals surface area (Å²) in [4.78, 5) is 13.2. The summed E-state index contributed by atoms with van der Waals surface area (Å²) in [6, 6.07) is 7.61. The maximum atomic E-state index is 5.90. The Morgan fingerprint density at radius 2 is 1.69 bits per heavy atom. The normalized spacial score (nSPS) is 11.8. The number of ether oxygens (including phenoxy) is 3. The molecule has 0 amide bonds. The zero-order chi connectivity index (χ0) is 25.5. The van der Waals surface area contributed by atoms with Gasteiger partial charge < -0.3 is 14.2 Å². The van der Waals surface area contributed by atoms with Gasteiger partial charge >= 0.3 is 0 Å². The zero-order valence-electron chi connectivity index (χ0n) is 20.9. The van der Waals surface area contributed by atoms with Gasteiger partial charge in [0, 0.05) is 42.7 Å². The molecule has 0 spiro atoms. The van der Waals surface area contributed by atoms with Crippen LogP contribution in [-0.2, 0) is 4.74 Å². The summed E-state index contributed by atoms with van der Waals surface area (Å²) < 4.78 is 22.5. The molecule has 0 aliphatic rings. The lowest BCUT2D eigenvalue weighted by atomic mass is 10.2. The molecule has 0 aliphatic heterocycles. The molecule has 0 bridgehead atoms. The highest BCUT2D eigenvalue weighted by Crippen LogP contribution is 2.38. The molecule has 0 saturated carbocycles. The molecule has 4 aromatic rings. The Kier molecular flexibility index (Phi) is 8.34. The van der Waals surface area contributed by atoms with Crippen LogP contribution >= 0.6 is 11.9 Å². The molecule has 4 rings (SSSR count). The summed E-state index contributed by atoms with van der Waals surface area (Å²) in [6.45, 7) is 6.43. The molecular formula is C25H29N7O3S. The first kappa shape index (κ1) is 25.4. The van der Waals surface area contributed by atoms with Crippen molar-refractivity contribution in [1.82, 2.24) is 29.7 Å². The van der Waals surface area contributed by atoms with Crippen molar-refractivity contribution in [2.24, 2.45) is 0 Å². The second-order valence-electron chi connectivity index (χ2n) is 7.92. The Balaban J connectivity index is 1.69. The minimum absolute atomic E-state index is 0.286. The largest absolute Gasteiger partial charge is 0.494 e. The molecular weight excluding hydrogens is 478 g/mol. The number of methoxy groups -OCH3 is 2. The summed E-state index contributed by atoms with van der Waals surface area (Å²) in [5, 5.41) is 8.93. The number of rotatable bonds is 11. The molecule has 36 heavy (non-hydrogen) atoms. The van der Waals surface area contributed by atoms with Crippen LogP contribution in [-0.4, -0.2) is 56.3 Å². The highest BCUT2D eigenvalue weighted by molar-refractivity contribution is 8.00. The van der Waals surface area contributed by atoms with Gasteiger partial charge in [0.25, 0.3) is 0 Å². The lowest BCUT2D eigenvalue weighted by Crippen LogP contribution is -2.13. The standard InChI is InChI=1S/C25H29N7O3S/c1-6-35-21(23-27-12-17(3)13-28-23)15-36-31-25-30-29-24(18-10-16(2)11-26-14-18)32(25)22-19(33-4)8-7-9-20(22)34-5/h7-14,21H,6,15H2,1-5H3,(H,30,31). The number of pyridine rings is 1. The molecule has 1 N–H and O–H groups in total. The second-order valence-corrected chi connectivity index (χ2v) is 8.75. The van der Waals surface area contributed by atoms with Crippen molar-refractivity contribution < 1.29 is 14.2 Å². The van der Waals surface area contributed by atoms with E-state index >= 15 is 0 Å². The van der Waals surface area contributed by atoms with Crippen LogP contribution in [0, 0.1) is 13.8 Å². The molecule has 0 aliphatic carbocycles. The van der Waals surface area contributed by atoms with Crippen LogP contribution in [0.25, 0.3) is 17.1 Å². The summed E-state index contributed by atoms with van der Waals surface area (Å²) in [5.41, 5.74) is 3.50. The van der Waals surface area contributed by atoms with Crippen molar-refractivity contribution in [2.45, 2.75) is 26.9 Å². The molecule has 3 aromatic heterocycles. The number of aryl methyl sites for hydroxylation is 2. The lowest BCUT2D eigenvalue weighted by molar-refractivity contribution is 0.0735. The average molecular weight is 508 g/mol. The van der Waals surface area contributed by atoms with Gasteiger partial charge in [0.05, 0.1) is 14.2 Å². The molecule has 10 nitrogen and oxygen atoms in total. The van der Waals surface area contributed by atoms with E-state index in [9.17, 15) is 0 Å². The van der Waals surface area contributed by atoms with Crippen molar-refractivity contribution in [2.75, 3.05) is 31.3 Å². The molecule has 3 heterocycles. The van der Waals surface area contributed by atoms with Gasteiger partial charge in [0.15, 0.2) is 11.6 Å². The predicted octanol–water partition coefficient (Wildman–Crippen LogP) is 4.59. The van der Waals surface area contributed by atoms with Crippen LogP contribution in [0.3, 0.4) is 0 Å². The van der Waals surface area contributed by atoms with E-state index in [1.807, 2.05) is 49.6 Å². The molecule has 0 radical (unpaired) electrons. The second kappa shape index (κ2) is 11.8. The number of anilines is 1. The van der Waals surface area contributed by atoms with Crippen molar-refractivity contribution >= 4 is 17.9 Å². The molecule has 11 heteroatoms. The summed E-state index contributed by atoms with van der Waals surface area (Å²) >= 11 is 1.43. The minimum Gasteiger partial charge on any atom is -0.494 e. The Morgan fingerprint density at radius 3 is 2.33 bits per heavy atom. The highest BCUT2D eigenvalue weighted by Gasteiger charge is 2.23. The van der Waals surface area contributed by atoms with E-state index < -0.39 is 0 Å². The fourth-order valence-electron chi connectivity index (χ4n) is 3.63. The maximum absolute atomic E-state index is 5.90. The number of benzene rings is 1. The third-order valence-corrected chi connectivity index (χ3v) is 6.07. The van der Waals surface area contributed by atoms with Gasteiger partial charge in [-0.1, -0.05) is 6.07 Å². The predicted molar refractivity (Wildman–Crippen MR) is 140 cm³/mol. The van der Waals surface area contributed by atoms with Gasteiger partial charge in [-0.15, -0.1) is 10.2 Å². The molecule has 1 unspecified atom stereocenters. The third-order valence-electron chi connectivity index (χ3n) is 5.28. The van der Waals surface area contributed by atoms with Gasteiger partial charge in [0.1, 0.15) is 23.3 Å². The number of aromatic nitrogens is 6. The topological polar surface area (TPSA) is 109 Å². The van der Waals surface area contributed by atoms with E-state index in [4.69, 9.17) is 14.2 Å². The van der Waals surface area contributed by atoms with Crippen molar-refractivity contribution in [3.8, 4) is 28.6 Å². The van der Waals surface area contributed by atoms with Gasteiger partial charge in [-0.05, 0) is 62.0 Å². The monoisotopic (exact) mass is 507 g/mol. The first-order valence-electron chi connectivity index (χ1n) is 11.4. The molecule has 1 aromatic carbocycles. The molecule has 0 saturated heterocycles. The van der Waals surface area contributed by atoms with Crippen LogP contribution < -0.4 is 14.2 Å². The van der Waals surface area contributed by atoms with Crippen molar-refractivity contribution in [3.05, 3.63) is 66.0 Å². The van der Waals surface area contributed by atoms with Crippen LogP contribution in [0.1, 0.15) is 30.0 Å². The fourth-order valence-corrected chi connectivity index (χ4v) is 4.37. The summed E-state index contributed by atoms with van der Waals surface area (Å²) in [5.74, 6) is 3.51. The SMILES string of the molecule is CCOC(CSNc1nnc(-c2cncc(C)c2)n1-c1c(OC)cccc1OC)c1ncc(C)cn1. The Morgan fingerprint density at radius 1 is 0.972 bits per heavy atom. The van der Waals surface area contributed by atoms with Gasteiger partial charge in [-0.25, -0.2) is 9.97 Å². The quantitative estimate of drug-likeness (QED) is 0.289. The number of nitrogens with zero attached hydrogens (tertiary/aromatic N) is 6. The smallest absolute Gasteiger partial charge is 0.239 e. The van der Waals surface area contributed by atoms with Crippen molar-refractivity contribution in [3.63, 3.8) is 0 Å². The minimum atomic E-state index is -0.286. The Labute approximate surface area is 214 Å². The van der Waals surface area contributed by atoms with E-state index in [0.29, 0.717) is 47.1 Å². The van der Waals surface area contributed by atoms with Crippen LogP contribution in [0.5, 0.6) is 11.5 Å². The maximum Gasteiger partial charge on any atom is 0.239 e. The van der Waals surface area contributed by atoms with Gasteiger partial charge in [-0.3, -0.25) is 14.3 Å². The zero-order valence-corrected chi connectivity index (χ0v) is 21.7. The van der Waals surface area contributed by atoms with E-state index in [0.717, 1.165) is 16.7 Å². The number of para-hydroxylation sites is 1. The number of hydrogen-bond donors (Lipinski definition) is 1. The van der Waals surface area contributed by atoms with Crippen LogP contribution in [0.2, 0.25) is 0 Å². The summed E-state index contributed by atoms with van der Waals surface area (Å²) in [6.07, 6.45) is 6.85. The molecule has 1 atom stereocenters.